The highest BCUT2D eigenvalue weighted by Gasteiger charge is 2.36. The Bertz CT molecular complexity index is 730. The van der Waals surface area contributed by atoms with Gasteiger partial charge in [0.1, 0.15) is 0 Å². The number of halogens is 1. The lowest BCUT2D eigenvalue weighted by molar-refractivity contribution is -0.136. The maximum atomic E-state index is 12.4. The Hall–Kier alpha value is -2.22. The van der Waals surface area contributed by atoms with E-state index in [4.69, 9.17) is 14.2 Å². The first-order chi connectivity index (χ1) is 11.8. The van der Waals surface area contributed by atoms with Crippen molar-refractivity contribution in [3.63, 3.8) is 0 Å². The number of nitrogens with one attached hydrogen (secondary N) is 2. The zero-order valence-corrected chi connectivity index (χ0v) is 16.3. The Morgan fingerprint density at radius 1 is 1.20 bits per heavy atom. The summed E-state index contributed by atoms with van der Waals surface area (Å²) in [7, 11) is 4.36. The molecule has 0 saturated carbocycles. The Morgan fingerprint density at radius 3 is 2.40 bits per heavy atom. The van der Waals surface area contributed by atoms with Crippen molar-refractivity contribution in [3.05, 3.63) is 33.4 Å². The first-order valence-corrected chi connectivity index (χ1v) is 8.45. The molecule has 0 saturated heterocycles. The summed E-state index contributed by atoms with van der Waals surface area (Å²) in [4.78, 5) is 24.5. The van der Waals surface area contributed by atoms with E-state index in [0.29, 0.717) is 32.8 Å². The number of rotatable bonds is 5. The van der Waals surface area contributed by atoms with Crippen molar-refractivity contribution in [3.8, 4) is 11.5 Å². The maximum Gasteiger partial charge on any atom is 0.337 e. The highest BCUT2D eigenvalue weighted by molar-refractivity contribution is 9.10. The summed E-state index contributed by atoms with van der Waals surface area (Å²) in [5.41, 5.74) is 1.54. The van der Waals surface area contributed by atoms with Crippen molar-refractivity contribution in [1.29, 1.82) is 0 Å². The Morgan fingerprint density at radius 2 is 1.88 bits per heavy atom. The fraction of sp³-hybridized carbons (Fsp3) is 0.412. The van der Waals surface area contributed by atoms with Gasteiger partial charge in [-0.25, -0.2) is 9.59 Å². The number of amides is 2. The summed E-state index contributed by atoms with van der Waals surface area (Å²) in [6, 6.07) is 2.41. The number of ether oxygens (including phenoxy) is 3. The molecule has 1 unspecified atom stereocenters. The number of carbonyl (C=O) groups excluding carboxylic acids is 2. The topological polar surface area (TPSA) is 85.9 Å². The molecule has 1 atom stereocenters. The van der Waals surface area contributed by atoms with Crippen molar-refractivity contribution < 1.29 is 23.8 Å². The van der Waals surface area contributed by atoms with Crippen LogP contribution in [0.5, 0.6) is 11.5 Å². The highest BCUT2D eigenvalue weighted by Crippen LogP contribution is 2.42. The smallest absolute Gasteiger partial charge is 0.337 e. The van der Waals surface area contributed by atoms with Gasteiger partial charge in [-0.1, -0.05) is 19.9 Å². The fourth-order valence-electron chi connectivity index (χ4n) is 2.74. The molecule has 136 valence electrons. The van der Waals surface area contributed by atoms with Gasteiger partial charge in [0.05, 0.1) is 37.4 Å². The van der Waals surface area contributed by atoms with Gasteiger partial charge in [0.2, 0.25) is 0 Å². The SMILES string of the molecule is COC(=O)C1=C(C(C)C)NC(=O)NC1c1ccc(OC)c(OC)c1Br. The van der Waals surface area contributed by atoms with E-state index in [-0.39, 0.29) is 11.9 Å². The molecule has 7 nitrogen and oxygen atoms in total. The molecule has 0 radical (unpaired) electrons. The molecular formula is C17H21BrN2O5. The van der Waals surface area contributed by atoms with Crippen LogP contribution in [0.1, 0.15) is 25.5 Å². The first-order valence-electron chi connectivity index (χ1n) is 7.65. The van der Waals surface area contributed by atoms with E-state index < -0.39 is 12.0 Å². The molecule has 0 bridgehead atoms. The van der Waals surface area contributed by atoms with E-state index in [1.165, 1.54) is 21.3 Å². The summed E-state index contributed by atoms with van der Waals surface area (Å²) < 4.78 is 16.2. The van der Waals surface area contributed by atoms with Gasteiger partial charge in [-0.05, 0) is 33.5 Å². The van der Waals surface area contributed by atoms with Crippen LogP contribution in [0.15, 0.2) is 27.9 Å². The van der Waals surface area contributed by atoms with Crippen LogP contribution < -0.4 is 20.1 Å². The Kier molecular flexibility index (Phi) is 5.94. The van der Waals surface area contributed by atoms with Gasteiger partial charge in [0, 0.05) is 5.70 Å². The van der Waals surface area contributed by atoms with E-state index in [1.54, 1.807) is 12.1 Å². The largest absolute Gasteiger partial charge is 0.493 e. The van der Waals surface area contributed by atoms with Crippen LogP contribution in [0.2, 0.25) is 0 Å². The van der Waals surface area contributed by atoms with Gasteiger partial charge < -0.3 is 24.8 Å². The second kappa shape index (κ2) is 7.77. The zero-order chi connectivity index (χ0) is 18.7. The van der Waals surface area contributed by atoms with Crippen molar-refractivity contribution in [2.24, 2.45) is 5.92 Å². The number of hydrogen-bond acceptors (Lipinski definition) is 5. The van der Waals surface area contributed by atoms with Gasteiger partial charge in [0.25, 0.3) is 0 Å². The van der Waals surface area contributed by atoms with E-state index in [0.717, 1.165) is 0 Å². The predicted molar refractivity (Wildman–Crippen MR) is 95.5 cm³/mol. The minimum atomic E-state index is -0.687. The molecule has 2 amide bonds. The van der Waals surface area contributed by atoms with Gasteiger partial charge >= 0.3 is 12.0 Å². The third kappa shape index (κ3) is 3.58. The average Bonchev–Trinajstić information content (AvgIpc) is 2.59. The number of esters is 1. The standard InChI is InChI=1S/C17H21BrN2O5/c1-8(2)13-11(16(21)25-5)14(20-17(22)19-13)9-6-7-10(23-3)15(24-4)12(9)18/h6-8,14H,1-5H3,(H2,19,20,22). The summed E-state index contributed by atoms with van der Waals surface area (Å²) >= 11 is 3.49. The lowest BCUT2D eigenvalue weighted by Crippen LogP contribution is -2.47. The Labute approximate surface area is 154 Å². The van der Waals surface area contributed by atoms with Gasteiger partial charge in [-0.3, -0.25) is 0 Å². The second-order valence-corrected chi connectivity index (χ2v) is 6.50. The molecule has 1 aromatic rings. The number of methoxy groups -OCH3 is 3. The maximum absolute atomic E-state index is 12.4. The van der Waals surface area contributed by atoms with E-state index in [1.807, 2.05) is 13.8 Å². The quantitative estimate of drug-likeness (QED) is 0.726. The molecule has 1 aliphatic heterocycles. The number of benzene rings is 1. The van der Waals surface area contributed by atoms with Crippen LogP contribution in [-0.2, 0) is 9.53 Å². The molecule has 1 aliphatic rings. The van der Waals surface area contributed by atoms with Crippen molar-refractivity contribution >= 4 is 27.9 Å². The summed E-state index contributed by atoms with van der Waals surface area (Å²) in [6.45, 7) is 3.79. The third-order valence-electron chi connectivity index (χ3n) is 3.91. The molecular weight excluding hydrogens is 392 g/mol. The van der Waals surface area contributed by atoms with Crippen LogP contribution in [0.25, 0.3) is 0 Å². The highest BCUT2D eigenvalue weighted by atomic mass is 79.9. The van der Waals surface area contributed by atoms with Crippen molar-refractivity contribution in [1.82, 2.24) is 10.6 Å². The second-order valence-electron chi connectivity index (χ2n) is 5.71. The molecule has 2 rings (SSSR count). The molecule has 25 heavy (non-hydrogen) atoms. The van der Waals surface area contributed by atoms with E-state index in [9.17, 15) is 9.59 Å². The molecule has 0 fully saturated rings. The molecule has 0 aliphatic carbocycles. The third-order valence-corrected chi connectivity index (χ3v) is 4.73. The molecule has 2 N–H and O–H groups in total. The van der Waals surface area contributed by atoms with E-state index >= 15 is 0 Å². The van der Waals surface area contributed by atoms with Crippen molar-refractivity contribution in [2.45, 2.75) is 19.9 Å². The molecule has 0 spiro atoms. The van der Waals surface area contributed by atoms with Gasteiger partial charge in [0.15, 0.2) is 11.5 Å². The van der Waals surface area contributed by atoms with E-state index in [2.05, 4.69) is 26.6 Å². The molecule has 8 heteroatoms. The zero-order valence-electron chi connectivity index (χ0n) is 14.7. The number of hydrogen-bond donors (Lipinski definition) is 2. The molecule has 0 aromatic heterocycles. The predicted octanol–water partition coefficient (Wildman–Crippen LogP) is 2.90. The number of urea groups is 1. The van der Waals surface area contributed by atoms with Gasteiger partial charge in [-0.2, -0.15) is 0 Å². The minimum Gasteiger partial charge on any atom is -0.493 e. The van der Waals surface area contributed by atoms with Crippen LogP contribution in [0.3, 0.4) is 0 Å². The normalized spacial score (nSPS) is 17.1. The summed E-state index contributed by atoms with van der Waals surface area (Å²) in [5, 5.41) is 5.49. The summed E-state index contributed by atoms with van der Waals surface area (Å²) in [6.07, 6.45) is 0. The van der Waals surface area contributed by atoms with Crippen LogP contribution in [-0.4, -0.2) is 33.3 Å². The summed E-state index contributed by atoms with van der Waals surface area (Å²) in [5.74, 6) is 0.429. The van der Waals surface area contributed by atoms with Crippen LogP contribution in [0.4, 0.5) is 4.79 Å². The number of carbonyl (C=O) groups is 2. The lowest BCUT2D eigenvalue weighted by atomic mass is 9.91. The average molecular weight is 413 g/mol. The van der Waals surface area contributed by atoms with Gasteiger partial charge in [-0.15, -0.1) is 0 Å². The first kappa shape index (κ1) is 19.1. The Balaban J connectivity index is 2.68. The monoisotopic (exact) mass is 412 g/mol. The lowest BCUT2D eigenvalue weighted by Gasteiger charge is -2.31. The van der Waals surface area contributed by atoms with Crippen molar-refractivity contribution in [2.75, 3.05) is 21.3 Å². The molecule has 1 heterocycles. The number of allylic oxidation sites excluding steroid dienone is 1. The molecule has 1 aromatic carbocycles. The minimum absolute atomic E-state index is 0.0680. The van der Waals surface area contributed by atoms with Crippen LogP contribution >= 0.6 is 15.9 Å². The van der Waals surface area contributed by atoms with Crippen LogP contribution in [0, 0.1) is 5.92 Å². The fourth-order valence-corrected chi connectivity index (χ4v) is 3.46.